The molecule has 0 radical (unpaired) electrons. The van der Waals surface area contributed by atoms with E-state index in [9.17, 15) is 4.79 Å². The summed E-state index contributed by atoms with van der Waals surface area (Å²) in [7, 11) is 0. The summed E-state index contributed by atoms with van der Waals surface area (Å²) in [4.78, 5) is 14.4. The first-order valence-corrected chi connectivity index (χ1v) is 8.82. The molecule has 2 nitrogen and oxygen atoms in total. The topological polar surface area (TPSA) is 20.3 Å². The van der Waals surface area contributed by atoms with Gasteiger partial charge < -0.3 is 4.90 Å². The van der Waals surface area contributed by atoms with Crippen molar-refractivity contribution in [3.63, 3.8) is 0 Å². The molecule has 2 aromatic rings. The summed E-state index contributed by atoms with van der Waals surface area (Å²) in [5.41, 5.74) is 6.26. The summed E-state index contributed by atoms with van der Waals surface area (Å²) < 4.78 is 0. The number of benzene rings is 2. The van der Waals surface area contributed by atoms with E-state index in [0.717, 1.165) is 24.4 Å². The Bertz CT molecular complexity index is 675. The number of hydrogen-bond acceptors (Lipinski definition) is 2. The fraction of sp³-hybridized carbons (Fsp3) is 0.316. The molecule has 1 amide bonds. The van der Waals surface area contributed by atoms with Crippen molar-refractivity contribution in [3.8, 4) is 0 Å². The number of hydrogen-bond donors (Lipinski definition) is 0. The number of para-hydroxylation sites is 1. The minimum absolute atomic E-state index is 0.222. The Morgan fingerprint density at radius 2 is 1.86 bits per heavy atom. The number of carbonyl (C=O) groups excluding carboxylic acids is 1. The Morgan fingerprint density at radius 1 is 1.14 bits per heavy atom. The van der Waals surface area contributed by atoms with E-state index in [1.165, 1.54) is 22.3 Å². The molecule has 0 saturated carbocycles. The van der Waals surface area contributed by atoms with E-state index < -0.39 is 0 Å². The smallest absolute Gasteiger partial charge is 0.237 e. The molecule has 0 fully saturated rings. The van der Waals surface area contributed by atoms with Gasteiger partial charge in [-0.1, -0.05) is 47.5 Å². The van der Waals surface area contributed by atoms with E-state index in [0.29, 0.717) is 5.75 Å². The molecule has 0 unspecified atom stereocenters. The lowest BCUT2D eigenvalue weighted by Crippen LogP contribution is -2.30. The van der Waals surface area contributed by atoms with Crippen LogP contribution in [-0.2, 0) is 17.0 Å². The monoisotopic (exact) mass is 311 g/mol. The second kappa shape index (κ2) is 6.57. The van der Waals surface area contributed by atoms with Crippen molar-refractivity contribution in [1.29, 1.82) is 0 Å². The zero-order valence-corrected chi connectivity index (χ0v) is 14.0. The van der Waals surface area contributed by atoms with Crippen LogP contribution >= 0.6 is 11.8 Å². The summed E-state index contributed by atoms with van der Waals surface area (Å²) >= 11 is 1.70. The van der Waals surface area contributed by atoms with E-state index in [2.05, 4.69) is 44.2 Å². The lowest BCUT2D eigenvalue weighted by molar-refractivity contribution is -0.116. The minimum atomic E-state index is 0.222. The third-order valence-electron chi connectivity index (χ3n) is 3.96. The van der Waals surface area contributed by atoms with Gasteiger partial charge in [0.05, 0.1) is 5.75 Å². The second-order valence-corrected chi connectivity index (χ2v) is 6.90. The van der Waals surface area contributed by atoms with Crippen LogP contribution in [0.2, 0.25) is 0 Å². The van der Waals surface area contributed by atoms with Crippen molar-refractivity contribution < 1.29 is 4.79 Å². The summed E-state index contributed by atoms with van der Waals surface area (Å²) in [5.74, 6) is 1.66. The quantitative estimate of drug-likeness (QED) is 0.846. The molecule has 0 aliphatic carbocycles. The van der Waals surface area contributed by atoms with Crippen LogP contribution in [0.1, 0.15) is 22.3 Å². The van der Waals surface area contributed by atoms with Crippen LogP contribution in [0.4, 0.5) is 5.69 Å². The number of fused-ring (bicyclic) bond motifs is 1. The maximum Gasteiger partial charge on any atom is 0.237 e. The lowest BCUT2D eigenvalue weighted by Gasteiger charge is -2.17. The SMILES string of the molecule is Cc1cc(C)cc(CSCC(=O)N2CCc3ccccc32)c1. The minimum Gasteiger partial charge on any atom is -0.311 e. The lowest BCUT2D eigenvalue weighted by atomic mass is 10.1. The number of nitrogens with zero attached hydrogens (tertiary/aromatic N) is 1. The van der Waals surface area contributed by atoms with Gasteiger partial charge in [-0.25, -0.2) is 0 Å². The molecule has 0 atom stereocenters. The van der Waals surface area contributed by atoms with Gasteiger partial charge in [0.2, 0.25) is 5.91 Å². The molecule has 3 rings (SSSR count). The molecule has 3 heteroatoms. The highest BCUT2D eigenvalue weighted by molar-refractivity contribution is 7.99. The maximum atomic E-state index is 12.4. The number of carbonyl (C=O) groups is 1. The van der Waals surface area contributed by atoms with Gasteiger partial charge in [0.15, 0.2) is 0 Å². The number of anilines is 1. The van der Waals surface area contributed by atoms with Gasteiger partial charge >= 0.3 is 0 Å². The van der Waals surface area contributed by atoms with Crippen molar-refractivity contribution >= 4 is 23.4 Å². The molecule has 0 spiro atoms. The highest BCUT2D eigenvalue weighted by Gasteiger charge is 2.23. The Hall–Kier alpha value is -1.74. The van der Waals surface area contributed by atoms with Gasteiger partial charge in [-0.3, -0.25) is 4.79 Å². The number of amides is 1. The van der Waals surface area contributed by atoms with Crippen LogP contribution in [0.5, 0.6) is 0 Å². The summed E-state index contributed by atoms with van der Waals surface area (Å²) in [6.07, 6.45) is 0.976. The van der Waals surface area contributed by atoms with Gasteiger partial charge in [-0.15, -0.1) is 11.8 Å². The van der Waals surface area contributed by atoms with Gasteiger partial charge in [-0.2, -0.15) is 0 Å². The molecule has 22 heavy (non-hydrogen) atoms. The maximum absolute atomic E-state index is 12.4. The molecule has 114 valence electrons. The number of aryl methyl sites for hydroxylation is 2. The van der Waals surface area contributed by atoms with Gasteiger partial charge in [0, 0.05) is 18.0 Å². The predicted octanol–water partition coefficient (Wildman–Crippen LogP) is 4.13. The summed E-state index contributed by atoms with van der Waals surface area (Å²) in [6, 6.07) is 14.8. The standard InChI is InChI=1S/C19H21NOS/c1-14-9-15(2)11-16(10-14)12-22-13-19(21)20-8-7-17-5-3-4-6-18(17)20/h3-6,9-11H,7-8,12-13H2,1-2H3. The van der Waals surface area contributed by atoms with E-state index in [-0.39, 0.29) is 5.91 Å². The molecule has 0 aromatic heterocycles. The molecule has 0 saturated heterocycles. The van der Waals surface area contributed by atoms with E-state index in [1.807, 2.05) is 17.0 Å². The van der Waals surface area contributed by atoms with Crippen LogP contribution in [0.15, 0.2) is 42.5 Å². The highest BCUT2D eigenvalue weighted by Crippen LogP contribution is 2.28. The molecular formula is C19H21NOS. The first-order chi connectivity index (χ1) is 10.6. The fourth-order valence-corrected chi connectivity index (χ4v) is 3.92. The van der Waals surface area contributed by atoms with Crippen molar-refractivity contribution in [2.75, 3.05) is 17.2 Å². The highest BCUT2D eigenvalue weighted by atomic mass is 32.2. The molecule has 0 bridgehead atoms. The largest absolute Gasteiger partial charge is 0.311 e. The number of thioether (sulfide) groups is 1. The summed E-state index contributed by atoms with van der Waals surface area (Å²) in [6.45, 7) is 5.06. The zero-order chi connectivity index (χ0) is 15.5. The van der Waals surface area contributed by atoms with Gasteiger partial charge in [-0.05, 0) is 37.5 Å². The van der Waals surface area contributed by atoms with E-state index in [4.69, 9.17) is 0 Å². The average Bonchev–Trinajstić information content (AvgIpc) is 2.90. The molecule has 1 aliphatic rings. The Labute approximate surface area is 136 Å². The predicted molar refractivity (Wildman–Crippen MR) is 94.6 cm³/mol. The molecule has 2 aromatic carbocycles. The Kier molecular flexibility index (Phi) is 4.53. The van der Waals surface area contributed by atoms with E-state index >= 15 is 0 Å². The Balaban J connectivity index is 1.57. The molecular weight excluding hydrogens is 290 g/mol. The van der Waals surface area contributed by atoms with Gasteiger partial charge in [0.1, 0.15) is 0 Å². The molecule has 1 heterocycles. The van der Waals surface area contributed by atoms with Crippen molar-refractivity contribution in [1.82, 2.24) is 0 Å². The van der Waals surface area contributed by atoms with Crippen LogP contribution in [-0.4, -0.2) is 18.2 Å². The zero-order valence-electron chi connectivity index (χ0n) is 13.1. The first kappa shape index (κ1) is 15.2. The van der Waals surface area contributed by atoms with E-state index in [1.54, 1.807) is 11.8 Å². The van der Waals surface area contributed by atoms with Crippen LogP contribution in [0.25, 0.3) is 0 Å². The van der Waals surface area contributed by atoms with Crippen molar-refractivity contribution in [3.05, 3.63) is 64.7 Å². The second-order valence-electron chi connectivity index (χ2n) is 5.91. The molecule has 0 N–H and O–H groups in total. The van der Waals surface area contributed by atoms with Crippen molar-refractivity contribution in [2.24, 2.45) is 0 Å². The van der Waals surface area contributed by atoms with Crippen molar-refractivity contribution in [2.45, 2.75) is 26.0 Å². The first-order valence-electron chi connectivity index (χ1n) is 7.66. The fourth-order valence-electron chi connectivity index (χ4n) is 3.08. The number of rotatable bonds is 4. The average molecular weight is 311 g/mol. The summed E-state index contributed by atoms with van der Waals surface area (Å²) in [5, 5.41) is 0. The van der Waals surface area contributed by atoms with Crippen LogP contribution < -0.4 is 4.90 Å². The third-order valence-corrected chi connectivity index (χ3v) is 4.95. The molecule has 1 aliphatic heterocycles. The van der Waals surface area contributed by atoms with Crippen LogP contribution in [0, 0.1) is 13.8 Å². The Morgan fingerprint density at radius 3 is 2.64 bits per heavy atom. The third kappa shape index (κ3) is 3.36. The normalized spacial score (nSPS) is 13.3. The van der Waals surface area contributed by atoms with Gasteiger partial charge in [0.25, 0.3) is 0 Å². The van der Waals surface area contributed by atoms with Crippen LogP contribution in [0.3, 0.4) is 0 Å².